The summed E-state index contributed by atoms with van der Waals surface area (Å²) in [6.07, 6.45) is 1.74. The first-order valence-corrected chi connectivity index (χ1v) is 8.89. The molecule has 2 rings (SSSR count). The molecule has 1 aliphatic heterocycles. The van der Waals surface area contributed by atoms with Crippen molar-refractivity contribution in [1.29, 1.82) is 0 Å². The van der Waals surface area contributed by atoms with Gasteiger partial charge in [0, 0.05) is 24.2 Å². The predicted molar refractivity (Wildman–Crippen MR) is 78.9 cm³/mol. The molecule has 2 heterocycles. The van der Waals surface area contributed by atoms with Gasteiger partial charge in [-0.3, -0.25) is 4.79 Å². The Morgan fingerprint density at radius 3 is 2.70 bits per heavy atom. The Morgan fingerprint density at radius 2 is 2.15 bits per heavy atom. The van der Waals surface area contributed by atoms with E-state index < -0.39 is 10.2 Å². The van der Waals surface area contributed by atoms with Gasteiger partial charge in [-0.2, -0.15) is 17.4 Å². The highest BCUT2D eigenvalue weighted by Gasteiger charge is 2.27. The van der Waals surface area contributed by atoms with E-state index in [-0.39, 0.29) is 11.4 Å². The van der Waals surface area contributed by atoms with Gasteiger partial charge < -0.3 is 10.3 Å². The summed E-state index contributed by atoms with van der Waals surface area (Å²) < 4.78 is 28.3. The Labute approximate surface area is 122 Å². The smallest absolute Gasteiger partial charge is 0.304 e. The lowest BCUT2D eigenvalue weighted by Gasteiger charge is -2.31. The van der Waals surface area contributed by atoms with Crippen LogP contribution >= 0.6 is 11.3 Å². The summed E-state index contributed by atoms with van der Waals surface area (Å²) in [6, 6.07) is 0. The van der Waals surface area contributed by atoms with Gasteiger partial charge in [-0.1, -0.05) is 11.3 Å². The molecular formula is C11H20N4O3S2. The van der Waals surface area contributed by atoms with Crippen LogP contribution in [0, 0.1) is 5.92 Å². The van der Waals surface area contributed by atoms with E-state index in [9.17, 15) is 13.2 Å². The molecule has 0 bridgehead atoms. The summed E-state index contributed by atoms with van der Waals surface area (Å²) in [5.74, 6) is 0.541. The van der Waals surface area contributed by atoms with Crippen molar-refractivity contribution in [3.8, 4) is 0 Å². The van der Waals surface area contributed by atoms with Crippen molar-refractivity contribution in [2.24, 2.45) is 5.92 Å². The molecular weight excluding hydrogens is 300 g/mol. The zero-order chi connectivity index (χ0) is 14.6. The van der Waals surface area contributed by atoms with Crippen LogP contribution in [-0.4, -0.2) is 44.4 Å². The first-order valence-electron chi connectivity index (χ1n) is 6.57. The molecule has 0 unspecified atom stereocenters. The summed E-state index contributed by atoms with van der Waals surface area (Å²) in [5.41, 5.74) is 0.591. The molecule has 9 heteroatoms. The van der Waals surface area contributed by atoms with Gasteiger partial charge in [0.2, 0.25) is 0 Å². The van der Waals surface area contributed by atoms with Crippen LogP contribution in [0.4, 0.5) is 0 Å². The van der Waals surface area contributed by atoms with Gasteiger partial charge in [-0.25, -0.2) is 0 Å². The van der Waals surface area contributed by atoms with Gasteiger partial charge in [0.15, 0.2) is 0 Å². The third kappa shape index (κ3) is 4.13. The Bertz CT molecular complexity index is 572. The minimum absolute atomic E-state index is 0.123. The van der Waals surface area contributed by atoms with E-state index in [4.69, 9.17) is 0 Å². The third-order valence-electron chi connectivity index (χ3n) is 3.42. The second-order valence-corrected chi connectivity index (χ2v) is 7.50. The molecule has 1 aromatic rings. The summed E-state index contributed by atoms with van der Waals surface area (Å²) in [5, 5.41) is 4.75. The first kappa shape index (κ1) is 15.6. The average Bonchev–Trinajstić information content (AvgIpc) is 2.84. The summed E-state index contributed by atoms with van der Waals surface area (Å²) >= 11 is 1.03. The molecule has 7 nitrogen and oxygen atoms in total. The standard InChI is InChI=1S/C11H20N4O3S2/c1-12-6-9-2-4-15(5-3-9)20(17,18)13-7-10-8-19-11(16)14-10/h8-9,12-13H,2-7H2,1H3,(H,14,16). The van der Waals surface area contributed by atoms with Crippen LogP contribution in [0.2, 0.25) is 0 Å². The minimum atomic E-state index is -3.47. The van der Waals surface area contributed by atoms with E-state index in [1.165, 1.54) is 4.31 Å². The molecule has 0 aromatic carbocycles. The molecule has 114 valence electrons. The Balaban J connectivity index is 1.86. The van der Waals surface area contributed by atoms with Crippen molar-refractivity contribution >= 4 is 21.5 Å². The van der Waals surface area contributed by atoms with E-state index in [0.29, 0.717) is 24.7 Å². The zero-order valence-corrected chi connectivity index (χ0v) is 13.0. The average molecular weight is 320 g/mol. The SMILES string of the molecule is CNCC1CCN(S(=O)(=O)NCc2csc(=O)[nH]2)CC1. The van der Waals surface area contributed by atoms with Crippen molar-refractivity contribution in [2.75, 3.05) is 26.7 Å². The summed E-state index contributed by atoms with van der Waals surface area (Å²) in [4.78, 5) is 13.4. The highest BCUT2D eigenvalue weighted by Crippen LogP contribution is 2.18. The second-order valence-electron chi connectivity index (χ2n) is 4.90. The number of piperidine rings is 1. The number of thiazole rings is 1. The monoisotopic (exact) mass is 320 g/mol. The van der Waals surface area contributed by atoms with E-state index in [1.807, 2.05) is 7.05 Å². The number of hydrogen-bond donors (Lipinski definition) is 3. The molecule has 0 spiro atoms. The maximum atomic E-state index is 12.1. The maximum Gasteiger partial charge on any atom is 0.304 e. The molecule has 1 aliphatic rings. The van der Waals surface area contributed by atoms with E-state index in [1.54, 1.807) is 5.38 Å². The van der Waals surface area contributed by atoms with Gasteiger partial charge in [-0.15, -0.1) is 0 Å². The molecule has 0 aliphatic carbocycles. The number of nitrogens with one attached hydrogen (secondary N) is 3. The summed E-state index contributed by atoms with van der Waals surface area (Å²) in [7, 11) is -1.56. The van der Waals surface area contributed by atoms with Crippen LogP contribution in [0.15, 0.2) is 10.2 Å². The largest absolute Gasteiger partial charge is 0.319 e. The highest BCUT2D eigenvalue weighted by molar-refractivity contribution is 7.87. The lowest BCUT2D eigenvalue weighted by Crippen LogP contribution is -2.45. The molecule has 0 amide bonds. The predicted octanol–water partition coefficient (Wildman–Crippen LogP) is -0.298. The van der Waals surface area contributed by atoms with Crippen LogP contribution in [0.25, 0.3) is 0 Å². The number of rotatable bonds is 6. The second kappa shape index (κ2) is 6.81. The molecule has 0 atom stereocenters. The van der Waals surface area contributed by atoms with Gasteiger partial charge in [-0.05, 0) is 32.4 Å². The minimum Gasteiger partial charge on any atom is -0.319 e. The van der Waals surface area contributed by atoms with Crippen molar-refractivity contribution in [2.45, 2.75) is 19.4 Å². The number of aromatic amines is 1. The molecule has 1 fully saturated rings. The van der Waals surface area contributed by atoms with Gasteiger partial charge in [0.25, 0.3) is 10.2 Å². The number of H-pyrrole nitrogens is 1. The van der Waals surface area contributed by atoms with Crippen LogP contribution in [0.5, 0.6) is 0 Å². The Morgan fingerprint density at radius 1 is 1.45 bits per heavy atom. The number of nitrogens with zero attached hydrogens (tertiary/aromatic N) is 1. The molecule has 3 N–H and O–H groups in total. The first-order chi connectivity index (χ1) is 9.51. The Kier molecular flexibility index (Phi) is 5.33. The fraction of sp³-hybridized carbons (Fsp3) is 0.727. The summed E-state index contributed by atoms with van der Waals surface area (Å²) in [6.45, 7) is 2.14. The fourth-order valence-electron chi connectivity index (χ4n) is 2.30. The van der Waals surface area contributed by atoms with Crippen LogP contribution < -0.4 is 14.9 Å². The van der Waals surface area contributed by atoms with Crippen LogP contribution in [0.3, 0.4) is 0 Å². The molecule has 1 saturated heterocycles. The maximum absolute atomic E-state index is 12.1. The van der Waals surface area contributed by atoms with Crippen LogP contribution in [0.1, 0.15) is 18.5 Å². The van der Waals surface area contributed by atoms with E-state index in [0.717, 1.165) is 30.7 Å². The molecule has 0 saturated carbocycles. The van der Waals surface area contributed by atoms with E-state index >= 15 is 0 Å². The van der Waals surface area contributed by atoms with E-state index in [2.05, 4.69) is 15.0 Å². The molecule has 20 heavy (non-hydrogen) atoms. The number of hydrogen-bond acceptors (Lipinski definition) is 5. The number of aromatic nitrogens is 1. The highest BCUT2D eigenvalue weighted by atomic mass is 32.2. The van der Waals surface area contributed by atoms with Crippen LogP contribution in [-0.2, 0) is 16.8 Å². The lowest BCUT2D eigenvalue weighted by molar-refractivity contribution is 0.268. The third-order valence-corrected chi connectivity index (χ3v) is 5.69. The normalized spacial score (nSPS) is 18.4. The fourth-order valence-corrected chi connectivity index (χ4v) is 4.10. The topological polar surface area (TPSA) is 94.3 Å². The van der Waals surface area contributed by atoms with Gasteiger partial charge in [0.05, 0.1) is 6.54 Å². The zero-order valence-electron chi connectivity index (χ0n) is 11.4. The van der Waals surface area contributed by atoms with Gasteiger partial charge in [0.1, 0.15) is 0 Å². The quantitative estimate of drug-likeness (QED) is 0.671. The van der Waals surface area contributed by atoms with Crippen molar-refractivity contribution in [3.63, 3.8) is 0 Å². The van der Waals surface area contributed by atoms with Crippen molar-refractivity contribution < 1.29 is 8.42 Å². The lowest BCUT2D eigenvalue weighted by atomic mass is 9.98. The van der Waals surface area contributed by atoms with Crippen molar-refractivity contribution in [3.05, 3.63) is 20.7 Å². The molecule has 0 radical (unpaired) electrons. The van der Waals surface area contributed by atoms with Gasteiger partial charge >= 0.3 is 4.87 Å². The molecule has 1 aromatic heterocycles. The Hall–Kier alpha value is -0.740. The van der Waals surface area contributed by atoms with Crippen molar-refractivity contribution in [1.82, 2.24) is 19.3 Å².